The lowest BCUT2D eigenvalue weighted by atomic mass is 10.2. The molecule has 1 saturated heterocycles. The summed E-state index contributed by atoms with van der Waals surface area (Å²) in [6.45, 7) is 8.25. The monoisotopic (exact) mass is 336 g/mol. The number of ether oxygens (including phenoxy) is 1. The lowest BCUT2D eigenvalue weighted by Crippen LogP contribution is -2.31. The zero-order valence-electron chi connectivity index (χ0n) is 13.3. The maximum atomic E-state index is 5.83. The van der Waals surface area contributed by atoms with E-state index in [9.17, 15) is 0 Å². The second-order valence-electron chi connectivity index (χ2n) is 6.22. The van der Waals surface area contributed by atoms with E-state index in [1.807, 2.05) is 11.3 Å². The van der Waals surface area contributed by atoms with E-state index >= 15 is 0 Å². The van der Waals surface area contributed by atoms with Crippen molar-refractivity contribution in [2.75, 3.05) is 13.2 Å². The van der Waals surface area contributed by atoms with E-state index in [1.165, 1.54) is 28.4 Å². The average molecular weight is 337 g/mol. The Kier molecular flexibility index (Phi) is 5.63. The van der Waals surface area contributed by atoms with Crippen LogP contribution in [0.2, 0.25) is 0 Å². The van der Waals surface area contributed by atoms with Gasteiger partial charge in [-0.1, -0.05) is 19.9 Å². The molecular formula is C17H24N2OS2. The molecule has 3 nitrogen and oxygen atoms in total. The van der Waals surface area contributed by atoms with E-state index in [0.29, 0.717) is 12.0 Å². The van der Waals surface area contributed by atoms with Gasteiger partial charge in [0.05, 0.1) is 16.8 Å². The molecule has 0 unspecified atom stereocenters. The first-order valence-electron chi connectivity index (χ1n) is 8.01. The SMILES string of the molecule is CC(C)c1nc(CN(Cc2cccs2)C[C@H]2CCCO2)cs1. The van der Waals surface area contributed by atoms with Gasteiger partial charge in [0, 0.05) is 42.4 Å². The standard InChI is InChI=1S/C17H24N2OS2/c1-13(2)17-18-14(12-22-17)9-19(10-15-5-3-7-20-15)11-16-6-4-8-21-16/h4,6,8,12-13,15H,3,5,7,9-11H2,1-2H3/t15-/m1/s1. The summed E-state index contributed by atoms with van der Waals surface area (Å²) in [6, 6.07) is 4.34. The predicted molar refractivity (Wildman–Crippen MR) is 93.6 cm³/mol. The highest BCUT2D eigenvalue weighted by molar-refractivity contribution is 7.10. The van der Waals surface area contributed by atoms with E-state index in [0.717, 1.165) is 26.2 Å². The molecular weight excluding hydrogens is 312 g/mol. The number of thiazole rings is 1. The van der Waals surface area contributed by atoms with Crippen molar-refractivity contribution in [2.24, 2.45) is 0 Å². The van der Waals surface area contributed by atoms with Crippen LogP contribution in [-0.4, -0.2) is 29.1 Å². The molecule has 0 bridgehead atoms. The number of aromatic nitrogens is 1. The van der Waals surface area contributed by atoms with E-state index in [-0.39, 0.29) is 0 Å². The van der Waals surface area contributed by atoms with Gasteiger partial charge in [0.15, 0.2) is 0 Å². The topological polar surface area (TPSA) is 25.4 Å². The largest absolute Gasteiger partial charge is 0.377 e. The maximum absolute atomic E-state index is 5.83. The molecule has 3 heterocycles. The van der Waals surface area contributed by atoms with Crippen LogP contribution in [0.1, 0.15) is 48.2 Å². The molecule has 0 aliphatic carbocycles. The van der Waals surface area contributed by atoms with Gasteiger partial charge in [-0.2, -0.15) is 0 Å². The molecule has 5 heteroatoms. The van der Waals surface area contributed by atoms with Crippen LogP contribution < -0.4 is 0 Å². The Hall–Kier alpha value is -0.750. The van der Waals surface area contributed by atoms with Crippen molar-refractivity contribution in [3.8, 4) is 0 Å². The van der Waals surface area contributed by atoms with Crippen LogP contribution in [0, 0.1) is 0 Å². The van der Waals surface area contributed by atoms with Crippen LogP contribution in [0.5, 0.6) is 0 Å². The maximum Gasteiger partial charge on any atom is 0.0954 e. The fourth-order valence-electron chi connectivity index (χ4n) is 2.77. The van der Waals surface area contributed by atoms with Crippen molar-refractivity contribution >= 4 is 22.7 Å². The summed E-state index contributed by atoms with van der Waals surface area (Å²) in [5.41, 5.74) is 1.20. The van der Waals surface area contributed by atoms with Gasteiger partial charge in [-0.3, -0.25) is 4.90 Å². The summed E-state index contributed by atoms with van der Waals surface area (Å²) >= 11 is 3.61. The van der Waals surface area contributed by atoms with Crippen LogP contribution >= 0.6 is 22.7 Å². The minimum absolute atomic E-state index is 0.392. The zero-order valence-corrected chi connectivity index (χ0v) is 15.0. The van der Waals surface area contributed by atoms with Crippen LogP contribution in [0.25, 0.3) is 0 Å². The summed E-state index contributed by atoms with van der Waals surface area (Å²) < 4.78 is 5.83. The van der Waals surface area contributed by atoms with Crippen LogP contribution in [0.15, 0.2) is 22.9 Å². The van der Waals surface area contributed by atoms with Gasteiger partial charge < -0.3 is 4.74 Å². The Labute approximate surface area is 141 Å². The van der Waals surface area contributed by atoms with Gasteiger partial charge in [0.25, 0.3) is 0 Å². The predicted octanol–water partition coefficient (Wildman–Crippen LogP) is 4.51. The summed E-state index contributed by atoms with van der Waals surface area (Å²) in [5.74, 6) is 0.516. The molecule has 1 fully saturated rings. The minimum atomic E-state index is 0.392. The second-order valence-corrected chi connectivity index (χ2v) is 8.14. The van der Waals surface area contributed by atoms with Crippen molar-refractivity contribution in [3.63, 3.8) is 0 Å². The lowest BCUT2D eigenvalue weighted by Gasteiger charge is -2.24. The van der Waals surface area contributed by atoms with E-state index in [1.54, 1.807) is 11.3 Å². The molecule has 0 aromatic carbocycles. The number of hydrogen-bond donors (Lipinski definition) is 0. The van der Waals surface area contributed by atoms with Gasteiger partial charge in [-0.25, -0.2) is 4.98 Å². The van der Waals surface area contributed by atoms with E-state index in [2.05, 4.69) is 41.6 Å². The fraction of sp³-hybridized carbons (Fsp3) is 0.588. The fourth-order valence-corrected chi connectivity index (χ4v) is 4.35. The molecule has 0 spiro atoms. The molecule has 0 saturated carbocycles. The number of hydrogen-bond acceptors (Lipinski definition) is 5. The molecule has 120 valence electrons. The third-order valence-electron chi connectivity index (χ3n) is 3.89. The number of nitrogens with zero attached hydrogens (tertiary/aromatic N) is 2. The van der Waals surface area contributed by atoms with Crippen molar-refractivity contribution in [1.29, 1.82) is 0 Å². The van der Waals surface area contributed by atoms with E-state index in [4.69, 9.17) is 9.72 Å². The molecule has 1 atom stereocenters. The van der Waals surface area contributed by atoms with Crippen molar-refractivity contribution in [1.82, 2.24) is 9.88 Å². The van der Waals surface area contributed by atoms with Crippen molar-refractivity contribution in [2.45, 2.75) is 51.8 Å². The zero-order chi connectivity index (χ0) is 15.4. The molecule has 2 aromatic rings. The molecule has 2 aromatic heterocycles. The first kappa shape index (κ1) is 16.1. The molecule has 0 N–H and O–H groups in total. The molecule has 0 radical (unpaired) electrons. The van der Waals surface area contributed by atoms with Crippen LogP contribution in [0.3, 0.4) is 0 Å². The van der Waals surface area contributed by atoms with Gasteiger partial charge in [-0.05, 0) is 24.3 Å². The first-order chi connectivity index (χ1) is 10.7. The quantitative estimate of drug-likeness (QED) is 0.744. The highest BCUT2D eigenvalue weighted by atomic mass is 32.1. The van der Waals surface area contributed by atoms with Gasteiger partial charge in [0.2, 0.25) is 0 Å². The number of rotatable bonds is 7. The molecule has 1 aliphatic heterocycles. The molecule has 3 rings (SSSR count). The van der Waals surface area contributed by atoms with Gasteiger partial charge in [-0.15, -0.1) is 22.7 Å². The summed E-state index contributed by atoms with van der Waals surface area (Å²) in [5, 5.41) is 5.61. The Morgan fingerprint density at radius 2 is 2.27 bits per heavy atom. The Bertz CT molecular complexity index is 559. The van der Waals surface area contributed by atoms with Gasteiger partial charge in [0.1, 0.15) is 0 Å². The second kappa shape index (κ2) is 7.68. The van der Waals surface area contributed by atoms with Crippen LogP contribution in [-0.2, 0) is 17.8 Å². The summed E-state index contributed by atoms with van der Waals surface area (Å²) in [4.78, 5) is 8.69. The molecule has 22 heavy (non-hydrogen) atoms. The summed E-state index contributed by atoms with van der Waals surface area (Å²) in [6.07, 6.45) is 2.78. The molecule has 1 aliphatic rings. The number of thiophene rings is 1. The Morgan fingerprint density at radius 1 is 1.36 bits per heavy atom. The smallest absolute Gasteiger partial charge is 0.0954 e. The minimum Gasteiger partial charge on any atom is -0.377 e. The van der Waals surface area contributed by atoms with Crippen molar-refractivity contribution in [3.05, 3.63) is 38.5 Å². The Balaban J connectivity index is 1.65. The first-order valence-corrected chi connectivity index (χ1v) is 9.77. The van der Waals surface area contributed by atoms with Crippen molar-refractivity contribution < 1.29 is 4.74 Å². The molecule has 0 amide bonds. The lowest BCUT2D eigenvalue weighted by molar-refractivity contribution is 0.0679. The van der Waals surface area contributed by atoms with E-state index < -0.39 is 0 Å². The normalized spacial score (nSPS) is 18.6. The summed E-state index contributed by atoms with van der Waals surface area (Å²) in [7, 11) is 0. The third-order valence-corrected chi connectivity index (χ3v) is 5.95. The highest BCUT2D eigenvalue weighted by Crippen LogP contribution is 2.22. The van der Waals surface area contributed by atoms with Crippen LogP contribution in [0.4, 0.5) is 0 Å². The van der Waals surface area contributed by atoms with Gasteiger partial charge >= 0.3 is 0 Å². The average Bonchev–Trinajstić information content (AvgIpc) is 3.19. The third kappa shape index (κ3) is 4.38. The Morgan fingerprint density at radius 3 is 2.91 bits per heavy atom. The highest BCUT2D eigenvalue weighted by Gasteiger charge is 2.20.